The molecule has 1 atom stereocenters. The van der Waals surface area contributed by atoms with Crippen LogP contribution in [0.15, 0.2) is 51.8 Å². The molecule has 2 aromatic carbocycles. The number of alkyl halides is 8. The molecular weight excluding hydrogens is 648 g/mol. The maximum Gasteiger partial charge on any atom is 0.378 e. The highest BCUT2D eigenvalue weighted by Gasteiger charge is 2.79. The van der Waals surface area contributed by atoms with Gasteiger partial charge in [-0.1, -0.05) is 25.8 Å². The van der Waals surface area contributed by atoms with Crippen molar-refractivity contribution < 1.29 is 53.8 Å². The number of carbonyl (C=O) groups excluding carboxylic acids is 1. The molecule has 0 radical (unpaired) electrons. The summed E-state index contributed by atoms with van der Waals surface area (Å²) in [6.07, 6.45) is 0.115. The first-order valence-electron chi connectivity index (χ1n) is 14.5. The highest BCUT2D eigenvalue weighted by atomic mass is 32.2. The van der Waals surface area contributed by atoms with Crippen LogP contribution in [-0.2, 0) is 16.0 Å². The monoisotopic (exact) mass is 684 g/mol. The van der Waals surface area contributed by atoms with Crippen molar-refractivity contribution in [1.82, 2.24) is 0 Å². The topological polar surface area (TPSA) is 101 Å². The first-order chi connectivity index (χ1) is 21.5. The summed E-state index contributed by atoms with van der Waals surface area (Å²) in [7, 11) is 1.53. The van der Waals surface area contributed by atoms with Crippen molar-refractivity contribution in [3.8, 4) is 17.1 Å². The van der Waals surface area contributed by atoms with Crippen molar-refractivity contribution >= 4 is 28.7 Å². The average molecular weight is 685 g/mol. The lowest BCUT2D eigenvalue weighted by atomic mass is 9.95. The number of benzene rings is 2. The van der Waals surface area contributed by atoms with Gasteiger partial charge in [0.1, 0.15) is 23.1 Å². The zero-order valence-electron chi connectivity index (χ0n) is 25.2. The van der Waals surface area contributed by atoms with Crippen LogP contribution in [0, 0.1) is 0 Å². The number of aryl methyl sites for hydroxylation is 1. The molecule has 15 heteroatoms. The van der Waals surface area contributed by atoms with Gasteiger partial charge in [0.05, 0.1) is 25.7 Å². The maximum absolute atomic E-state index is 14.4. The first-order valence-corrected chi connectivity index (χ1v) is 15.5. The SMILES string of the molecule is CCCCCc1ccc(-c2cc3ccc(SCCC(F)(F)C(F)(F)C(F)(F)C(F)(F)CCOC(=O)C(N)CN)cc3o2)c(OC)c1. The van der Waals surface area contributed by atoms with Crippen molar-refractivity contribution in [1.29, 1.82) is 0 Å². The van der Waals surface area contributed by atoms with Gasteiger partial charge in [0.25, 0.3) is 0 Å². The molecule has 0 bridgehead atoms. The van der Waals surface area contributed by atoms with Crippen LogP contribution in [0.4, 0.5) is 35.1 Å². The van der Waals surface area contributed by atoms with E-state index >= 15 is 0 Å². The molecule has 0 spiro atoms. The molecule has 256 valence electrons. The summed E-state index contributed by atoms with van der Waals surface area (Å²) in [4.78, 5) is 11.7. The number of unbranched alkanes of at least 4 members (excludes halogenated alkanes) is 2. The molecule has 0 aliphatic rings. The second-order valence-electron chi connectivity index (χ2n) is 10.7. The van der Waals surface area contributed by atoms with Crippen molar-refractivity contribution in [2.24, 2.45) is 11.5 Å². The number of ether oxygens (including phenoxy) is 2. The Balaban J connectivity index is 1.67. The molecule has 6 nitrogen and oxygen atoms in total. The van der Waals surface area contributed by atoms with Gasteiger partial charge in [-0.05, 0) is 54.8 Å². The van der Waals surface area contributed by atoms with Crippen LogP contribution in [0.1, 0.15) is 44.6 Å². The van der Waals surface area contributed by atoms with E-state index in [1.165, 1.54) is 19.2 Å². The largest absolute Gasteiger partial charge is 0.496 e. The number of thioether (sulfide) groups is 1. The number of rotatable bonds is 18. The van der Waals surface area contributed by atoms with Crippen LogP contribution in [-0.4, -0.2) is 61.7 Å². The molecule has 46 heavy (non-hydrogen) atoms. The molecule has 0 saturated heterocycles. The minimum atomic E-state index is -6.48. The lowest BCUT2D eigenvalue weighted by Gasteiger charge is -2.36. The number of fused-ring (bicyclic) bond motifs is 1. The maximum atomic E-state index is 14.4. The Hall–Kier alpha value is -3.04. The zero-order chi connectivity index (χ0) is 34.3. The van der Waals surface area contributed by atoms with Crippen molar-refractivity contribution in [3.63, 3.8) is 0 Å². The van der Waals surface area contributed by atoms with Gasteiger partial charge in [-0.3, -0.25) is 4.79 Å². The fourth-order valence-electron chi connectivity index (χ4n) is 4.46. The summed E-state index contributed by atoms with van der Waals surface area (Å²) < 4.78 is 130. The third kappa shape index (κ3) is 8.26. The van der Waals surface area contributed by atoms with Crippen LogP contribution < -0.4 is 16.2 Å². The van der Waals surface area contributed by atoms with E-state index < -0.39 is 67.4 Å². The van der Waals surface area contributed by atoms with Gasteiger partial charge in [0.2, 0.25) is 0 Å². The fraction of sp³-hybridized carbons (Fsp3) is 0.516. The number of nitrogens with two attached hydrogens (primary N) is 2. The van der Waals surface area contributed by atoms with Crippen molar-refractivity contribution in [2.75, 3.05) is 26.0 Å². The summed E-state index contributed by atoms with van der Waals surface area (Å²) in [5.74, 6) is -25.2. The molecule has 0 aliphatic heterocycles. The molecule has 0 aliphatic carbocycles. The average Bonchev–Trinajstić information content (AvgIpc) is 3.43. The number of hydrogen-bond acceptors (Lipinski definition) is 7. The molecule has 1 unspecified atom stereocenters. The second-order valence-corrected chi connectivity index (χ2v) is 11.9. The lowest BCUT2D eigenvalue weighted by molar-refractivity contribution is -0.367. The minimum Gasteiger partial charge on any atom is -0.496 e. The summed E-state index contributed by atoms with van der Waals surface area (Å²) in [5, 5.41) is 0.642. The summed E-state index contributed by atoms with van der Waals surface area (Å²) >= 11 is 0.632. The molecule has 0 saturated carbocycles. The van der Waals surface area contributed by atoms with Gasteiger partial charge in [-0.2, -0.15) is 35.1 Å². The molecular formula is C31H36F8N2O4S. The van der Waals surface area contributed by atoms with E-state index in [1.54, 1.807) is 12.1 Å². The Morgan fingerprint density at radius 2 is 1.61 bits per heavy atom. The predicted octanol–water partition coefficient (Wildman–Crippen LogP) is 8.08. The van der Waals surface area contributed by atoms with Crippen molar-refractivity contribution in [3.05, 3.63) is 48.0 Å². The Morgan fingerprint density at radius 1 is 0.935 bits per heavy atom. The van der Waals surface area contributed by atoms with E-state index in [-0.39, 0.29) is 0 Å². The number of methoxy groups -OCH3 is 1. The fourth-order valence-corrected chi connectivity index (χ4v) is 5.41. The summed E-state index contributed by atoms with van der Waals surface area (Å²) in [6, 6.07) is 10.6. The number of hydrogen-bond donors (Lipinski definition) is 2. The first kappa shape index (κ1) is 37.4. The van der Waals surface area contributed by atoms with Gasteiger partial charge in [0.15, 0.2) is 0 Å². The molecule has 0 fully saturated rings. The van der Waals surface area contributed by atoms with Crippen molar-refractivity contribution in [2.45, 2.75) is 80.1 Å². The van der Waals surface area contributed by atoms with E-state index in [0.29, 0.717) is 44.7 Å². The van der Waals surface area contributed by atoms with Crippen LogP contribution in [0.25, 0.3) is 22.3 Å². The lowest BCUT2D eigenvalue weighted by Crippen LogP contribution is -2.62. The smallest absolute Gasteiger partial charge is 0.378 e. The Kier molecular flexibility index (Phi) is 12.4. The third-order valence-corrected chi connectivity index (χ3v) is 8.30. The van der Waals surface area contributed by atoms with E-state index in [2.05, 4.69) is 11.7 Å². The van der Waals surface area contributed by atoms with E-state index in [0.717, 1.165) is 31.2 Å². The Labute approximate surface area is 265 Å². The van der Waals surface area contributed by atoms with Crippen LogP contribution in [0.5, 0.6) is 5.75 Å². The highest BCUT2D eigenvalue weighted by Crippen LogP contribution is 2.55. The molecule has 1 aromatic heterocycles. The normalized spacial score (nSPS) is 13.7. The third-order valence-electron chi connectivity index (χ3n) is 7.31. The van der Waals surface area contributed by atoms with E-state index in [4.69, 9.17) is 20.6 Å². The highest BCUT2D eigenvalue weighted by molar-refractivity contribution is 7.99. The van der Waals surface area contributed by atoms with Gasteiger partial charge in [-0.25, -0.2) is 0 Å². The van der Waals surface area contributed by atoms with Gasteiger partial charge < -0.3 is 25.4 Å². The van der Waals surface area contributed by atoms with E-state index in [9.17, 15) is 39.9 Å². The van der Waals surface area contributed by atoms with Gasteiger partial charge in [0, 0.05) is 29.0 Å². The molecule has 3 aromatic rings. The number of carbonyl (C=O) groups is 1. The summed E-state index contributed by atoms with van der Waals surface area (Å²) in [6.45, 7) is 0.178. The zero-order valence-corrected chi connectivity index (χ0v) is 26.0. The molecule has 0 amide bonds. The predicted molar refractivity (Wildman–Crippen MR) is 159 cm³/mol. The standard InChI is InChI=1S/C31H36F8N2O4S/c1-3-4-5-6-19-7-10-22(25(15-19)43-2)26-16-20-8-9-21(17-24(20)45-26)46-14-12-29(34,35)31(38,39)30(36,37)28(32,33)11-13-44-27(42)23(41)18-40/h7-10,15-17,23H,3-6,11-14,18,40-41H2,1-2H3. The Bertz CT molecular complexity index is 1470. The number of halogens is 8. The Morgan fingerprint density at radius 3 is 2.24 bits per heavy atom. The van der Waals surface area contributed by atoms with Gasteiger partial charge in [-0.15, -0.1) is 11.8 Å². The van der Waals surface area contributed by atoms with Crippen LogP contribution in [0.3, 0.4) is 0 Å². The quantitative estimate of drug-likeness (QED) is 0.0605. The summed E-state index contributed by atoms with van der Waals surface area (Å²) in [5.41, 5.74) is 12.4. The minimum absolute atomic E-state index is 0.292. The van der Waals surface area contributed by atoms with E-state index in [1.807, 2.05) is 18.2 Å². The van der Waals surface area contributed by atoms with Crippen LogP contribution >= 0.6 is 11.8 Å². The molecule has 1 heterocycles. The molecule has 4 N–H and O–H groups in total. The second kappa shape index (κ2) is 15.2. The molecule has 3 rings (SSSR count). The number of esters is 1. The number of furan rings is 1. The van der Waals surface area contributed by atoms with Crippen LogP contribution in [0.2, 0.25) is 0 Å². The van der Waals surface area contributed by atoms with Gasteiger partial charge >= 0.3 is 29.7 Å².